The van der Waals surface area contributed by atoms with E-state index in [4.69, 9.17) is 39.4 Å². The normalized spacial score (nSPS) is 22.5. The fraction of sp³-hybridized carbons (Fsp3) is 0.455. The highest BCUT2D eigenvalue weighted by Gasteiger charge is 2.47. The lowest BCUT2D eigenvalue weighted by Crippen LogP contribution is -2.51. The average Bonchev–Trinajstić information content (AvgIpc) is 3.36. The van der Waals surface area contributed by atoms with Crippen molar-refractivity contribution in [3.8, 4) is 0 Å². The molecule has 5 rings (SSSR count). The number of piperidine rings is 1. The van der Waals surface area contributed by atoms with Gasteiger partial charge in [0.25, 0.3) is 0 Å². The van der Waals surface area contributed by atoms with Crippen LogP contribution < -0.4 is 16.4 Å². The van der Waals surface area contributed by atoms with Crippen molar-refractivity contribution in [2.75, 3.05) is 30.3 Å². The van der Waals surface area contributed by atoms with Gasteiger partial charge in [-0.15, -0.1) is 5.10 Å². The monoisotopic (exact) mass is 510 g/mol. The summed E-state index contributed by atoms with van der Waals surface area (Å²) in [6, 6.07) is 7.29. The molecule has 2 fully saturated rings. The van der Waals surface area contributed by atoms with E-state index >= 15 is 0 Å². The minimum absolute atomic E-state index is 0.00778. The molecule has 2 atom stereocenters. The Morgan fingerprint density at radius 2 is 2.06 bits per heavy atom. The Morgan fingerprint density at radius 3 is 2.73 bits per heavy atom. The molecule has 2 aliphatic rings. The van der Waals surface area contributed by atoms with Crippen LogP contribution in [0, 0.1) is 5.41 Å². The number of fused-ring (bicyclic) bond motifs is 1. The first kappa shape index (κ1) is 23.0. The smallest absolute Gasteiger partial charge is 0.182 e. The van der Waals surface area contributed by atoms with E-state index in [0.717, 1.165) is 36.6 Å². The Bertz CT molecular complexity index is 1200. The molecule has 0 amide bonds. The van der Waals surface area contributed by atoms with Gasteiger partial charge >= 0.3 is 0 Å². The maximum absolute atomic E-state index is 13.5. The second-order valence-corrected chi connectivity index (χ2v) is 10.6. The van der Waals surface area contributed by atoms with Gasteiger partial charge in [-0.1, -0.05) is 41.0 Å². The topological polar surface area (TPSA) is 94.7 Å². The Kier molecular flexibility index (Phi) is 6.11. The highest BCUT2D eigenvalue weighted by molar-refractivity contribution is 7.99. The van der Waals surface area contributed by atoms with E-state index in [1.165, 1.54) is 11.8 Å². The number of rotatable bonds is 4. The van der Waals surface area contributed by atoms with Crippen molar-refractivity contribution in [3.05, 3.63) is 40.1 Å². The molecule has 11 heteroatoms. The van der Waals surface area contributed by atoms with E-state index in [2.05, 4.69) is 15.0 Å². The quantitative estimate of drug-likeness (QED) is 0.530. The molecule has 2 aliphatic heterocycles. The van der Waals surface area contributed by atoms with E-state index in [-0.39, 0.29) is 23.4 Å². The summed E-state index contributed by atoms with van der Waals surface area (Å²) in [5.74, 6) is 0.890. The van der Waals surface area contributed by atoms with Gasteiger partial charge in [-0.2, -0.15) is 4.52 Å². The third-order valence-corrected chi connectivity index (χ3v) is 8.91. The summed E-state index contributed by atoms with van der Waals surface area (Å²) in [6.07, 6.45) is 1.87. The zero-order chi connectivity index (χ0) is 23.3. The molecule has 4 heterocycles. The number of nitrogen functional groups attached to an aromatic ring is 1. The first-order valence-corrected chi connectivity index (χ1v) is 12.4. The molecule has 4 N–H and O–H groups in total. The van der Waals surface area contributed by atoms with Gasteiger partial charge in [0, 0.05) is 35.5 Å². The number of anilines is 2. The lowest BCUT2D eigenvalue weighted by atomic mass is 9.73. The van der Waals surface area contributed by atoms with E-state index < -0.39 is 6.67 Å². The van der Waals surface area contributed by atoms with E-state index in [9.17, 15) is 4.39 Å². The van der Waals surface area contributed by atoms with Crippen LogP contribution in [0.5, 0.6) is 0 Å². The molecule has 0 bridgehead atoms. The lowest BCUT2D eigenvalue weighted by Gasteiger charge is -2.42. The van der Waals surface area contributed by atoms with Crippen LogP contribution in [0.4, 0.5) is 15.9 Å². The van der Waals surface area contributed by atoms with Gasteiger partial charge in [0.2, 0.25) is 0 Å². The number of nitrogens with two attached hydrogens (primary N) is 2. The Morgan fingerprint density at radius 1 is 1.30 bits per heavy atom. The van der Waals surface area contributed by atoms with Gasteiger partial charge in [0.05, 0.1) is 33.3 Å². The number of hydrogen-bond acceptors (Lipinski definition) is 7. The van der Waals surface area contributed by atoms with Crippen molar-refractivity contribution in [3.63, 3.8) is 0 Å². The summed E-state index contributed by atoms with van der Waals surface area (Å²) < 4.78 is 21.1. The van der Waals surface area contributed by atoms with Crippen molar-refractivity contribution in [1.29, 1.82) is 0 Å². The number of halogens is 3. The molecule has 33 heavy (non-hydrogen) atoms. The molecule has 1 spiro atoms. The second-order valence-electron chi connectivity index (χ2n) is 8.73. The molecule has 0 radical (unpaired) electrons. The lowest BCUT2D eigenvalue weighted by molar-refractivity contribution is 0.0974. The number of pyridine rings is 1. The summed E-state index contributed by atoms with van der Waals surface area (Å²) in [5.41, 5.74) is 14.0. The van der Waals surface area contributed by atoms with Crippen LogP contribution in [0.3, 0.4) is 0 Å². The highest BCUT2D eigenvalue weighted by atomic mass is 35.5. The molecule has 2 aromatic heterocycles. The molecule has 0 saturated carbocycles. The predicted octanol–water partition coefficient (Wildman–Crippen LogP) is 4.57. The summed E-state index contributed by atoms with van der Waals surface area (Å²) in [7, 11) is 0. The fourth-order valence-electron chi connectivity index (χ4n) is 4.77. The van der Waals surface area contributed by atoms with Gasteiger partial charge in [0.15, 0.2) is 18.1 Å². The first-order chi connectivity index (χ1) is 15.8. The van der Waals surface area contributed by atoms with Crippen LogP contribution in [-0.4, -0.2) is 46.4 Å². The Labute approximate surface area is 205 Å². The zero-order valence-electron chi connectivity index (χ0n) is 18.1. The van der Waals surface area contributed by atoms with Crippen LogP contribution in [0.15, 0.2) is 34.1 Å². The SMILES string of the molecule is C[C@@H]1OCC2(CCN(c3cc(N)c(Sc4cccc(Cl)c4Cl)c4nc(CF)nn34)CC2)[C@@H]1N. The number of benzene rings is 1. The Balaban J connectivity index is 1.50. The van der Waals surface area contributed by atoms with Gasteiger partial charge in [-0.05, 0) is 31.9 Å². The van der Waals surface area contributed by atoms with Crippen molar-refractivity contribution < 1.29 is 9.13 Å². The van der Waals surface area contributed by atoms with Crippen LogP contribution in [0.2, 0.25) is 10.0 Å². The molecule has 7 nitrogen and oxygen atoms in total. The van der Waals surface area contributed by atoms with E-state index in [1.807, 2.05) is 25.1 Å². The van der Waals surface area contributed by atoms with Gasteiger partial charge in [-0.3, -0.25) is 0 Å². The average molecular weight is 511 g/mol. The van der Waals surface area contributed by atoms with Crippen LogP contribution >= 0.6 is 35.0 Å². The summed E-state index contributed by atoms with van der Waals surface area (Å²) in [5, 5.41) is 5.30. The van der Waals surface area contributed by atoms with Crippen molar-refractivity contribution >= 4 is 52.1 Å². The van der Waals surface area contributed by atoms with Crippen molar-refractivity contribution in [1.82, 2.24) is 14.6 Å². The first-order valence-electron chi connectivity index (χ1n) is 10.8. The minimum Gasteiger partial charge on any atom is -0.398 e. The largest absolute Gasteiger partial charge is 0.398 e. The van der Waals surface area contributed by atoms with Crippen molar-refractivity contribution in [2.24, 2.45) is 11.1 Å². The van der Waals surface area contributed by atoms with E-state index in [1.54, 1.807) is 10.6 Å². The van der Waals surface area contributed by atoms with Gasteiger partial charge in [-0.25, -0.2) is 9.37 Å². The van der Waals surface area contributed by atoms with Crippen LogP contribution in [-0.2, 0) is 11.4 Å². The van der Waals surface area contributed by atoms with Crippen LogP contribution in [0.25, 0.3) is 5.65 Å². The Hall–Kier alpha value is -1.78. The second kappa shape index (κ2) is 8.78. The predicted molar refractivity (Wildman–Crippen MR) is 130 cm³/mol. The van der Waals surface area contributed by atoms with Crippen LogP contribution in [0.1, 0.15) is 25.6 Å². The summed E-state index contributed by atoms with van der Waals surface area (Å²) in [6.45, 7) is 3.50. The summed E-state index contributed by atoms with van der Waals surface area (Å²) in [4.78, 5) is 8.02. The molecular formula is C22H25Cl2FN6OS. The van der Waals surface area contributed by atoms with Gasteiger partial charge < -0.3 is 21.1 Å². The summed E-state index contributed by atoms with van der Waals surface area (Å²) >= 11 is 13.9. The van der Waals surface area contributed by atoms with E-state index in [0.29, 0.717) is 32.9 Å². The molecule has 176 valence electrons. The number of alkyl halides is 1. The van der Waals surface area contributed by atoms with Crippen molar-refractivity contribution in [2.45, 2.75) is 48.4 Å². The maximum Gasteiger partial charge on any atom is 0.182 e. The number of aromatic nitrogens is 3. The molecule has 3 aromatic rings. The third kappa shape index (κ3) is 3.93. The zero-order valence-corrected chi connectivity index (χ0v) is 20.4. The maximum atomic E-state index is 13.5. The highest BCUT2D eigenvalue weighted by Crippen LogP contribution is 2.44. The standard InChI is InChI=1S/C22H25Cl2FN6OS/c1-12-20(27)22(11-32-12)5-7-30(8-6-22)17-9-14(26)19(21-28-16(10-25)29-31(17)21)33-15-4-2-3-13(23)18(15)24/h2-4,9,12,20H,5-8,10-11,26-27H2,1H3/t12-,20+/m0/s1. The molecule has 0 unspecified atom stereocenters. The number of ether oxygens (including phenoxy) is 1. The third-order valence-electron chi connectivity index (χ3n) is 6.80. The minimum atomic E-state index is -0.768. The molecule has 1 aromatic carbocycles. The molecule has 2 saturated heterocycles. The number of hydrogen-bond donors (Lipinski definition) is 2. The number of nitrogens with zero attached hydrogens (tertiary/aromatic N) is 4. The molecular weight excluding hydrogens is 486 g/mol. The van der Waals surface area contributed by atoms with Gasteiger partial charge in [0.1, 0.15) is 5.82 Å². The fourth-order valence-corrected chi connectivity index (χ4v) is 6.21. The molecule has 0 aliphatic carbocycles.